The number of pyridine rings is 1. The highest BCUT2D eigenvalue weighted by Gasteiger charge is 2.15. The van der Waals surface area contributed by atoms with Crippen LogP contribution in [0.25, 0.3) is 16.6 Å². The maximum atomic E-state index is 12.7. The van der Waals surface area contributed by atoms with Crippen LogP contribution in [0.4, 0.5) is 0 Å². The van der Waals surface area contributed by atoms with Crippen molar-refractivity contribution < 1.29 is 4.79 Å². The second-order valence-corrected chi connectivity index (χ2v) is 8.17. The minimum Gasteiger partial charge on any atom is -0.341 e. The topological polar surface area (TPSA) is 50.5 Å². The molecule has 2 heterocycles. The first-order valence-electron chi connectivity index (χ1n) is 9.75. The Morgan fingerprint density at radius 1 is 1.07 bits per heavy atom. The molecule has 0 N–H and O–H groups in total. The Labute approximate surface area is 174 Å². The van der Waals surface area contributed by atoms with Crippen LogP contribution in [-0.4, -0.2) is 38.2 Å². The van der Waals surface area contributed by atoms with E-state index in [2.05, 4.69) is 60.4 Å². The number of aromatic nitrogens is 3. The summed E-state index contributed by atoms with van der Waals surface area (Å²) in [6, 6.07) is 18.7. The van der Waals surface area contributed by atoms with Gasteiger partial charge in [0.2, 0.25) is 5.91 Å². The van der Waals surface area contributed by atoms with E-state index in [1.807, 2.05) is 29.6 Å². The molecule has 0 saturated carbocycles. The van der Waals surface area contributed by atoms with E-state index in [4.69, 9.17) is 0 Å². The SMILES string of the molecule is CCc1ccc(CN(C)C(=O)CSc2nnc3cc(C)c4ccccc4n23)cc1. The van der Waals surface area contributed by atoms with Crippen molar-refractivity contribution in [1.82, 2.24) is 19.5 Å². The number of thioether (sulfide) groups is 1. The molecule has 4 aromatic rings. The van der Waals surface area contributed by atoms with E-state index in [0.29, 0.717) is 12.3 Å². The Morgan fingerprint density at radius 3 is 2.55 bits per heavy atom. The van der Waals surface area contributed by atoms with Crippen molar-refractivity contribution in [2.45, 2.75) is 32.0 Å². The third-order valence-corrected chi connectivity index (χ3v) is 6.09. The Morgan fingerprint density at radius 2 is 1.79 bits per heavy atom. The number of para-hydroxylation sites is 1. The molecule has 0 aliphatic carbocycles. The summed E-state index contributed by atoms with van der Waals surface area (Å²) in [4.78, 5) is 14.4. The molecule has 0 aliphatic rings. The number of hydrogen-bond acceptors (Lipinski definition) is 4. The lowest BCUT2D eigenvalue weighted by molar-refractivity contribution is -0.127. The normalized spacial score (nSPS) is 11.3. The van der Waals surface area contributed by atoms with Crippen molar-refractivity contribution in [2.75, 3.05) is 12.8 Å². The van der Waals surface area contributed by atoms with Gasteiger partial charge in [-0.25, -0.2) is 0 Å². The standard InChI is InChI=1S/C23H24N4OS/c1-4-17-9-11-18(12-10-17)14-26(3)22(28)15-29-23-25-24-21-13-16(2)19-7-5-6-8-20(19)27(21)23/h5-13H,4,14-15H2,1-3H3. The van der Waals surface area contributed by atoms with Crippen molar-refractivity contribution in [1.29, 1.82) is 0 Å². The first-order chi connectivity index (χ1) is 14.1. The lowest BCUT2D eigenvalue weighted by Crippen LogP contribution is -2.27. The maximum absolute atomic E-state index is 12.7. The van der Waals surface area contributed by atoms with Crippen LogP contribution in [0.5, 0.6) is 0 Å². The third-order valence-electron chi connectivity index (χ3n) is 5.18. The van der Waals surface area contributed by atoms with Crippen LogP contribution in [0.15, 0.2) is 59.8 Å². The predicted octanol–water partition coefficient (Wildman–Crippen LogP) is 4.50. The third kappa shape index (κ3) is 3.98. The van der Waals surface area contributed by atoms with Crippen LogP contribution in [-0.2, 0) is 17.8 Å². The van der Waals surface area contributed by atoms with Crippen LogP contribution >= 0.6 is 11.8 Å². The summed E-state index contributed by atoms with van der Waals surface area (Å²) in [5.41, 5.74) is 5.48. The van der Waals surface area contributed by atoms with E-state index in [9.17, 15) is 4.79 Å². The number of fused-ring (bicyclic) bond motifs is 3. The number of hydrogen-bond donors (Lipinski definition) is 0. The molecule has 5 nitrogen and oxygen atoms in total. The van der Waals surface area contributed by atoms with Crippen LogP contribution in [0, 0.1) is 6.92 Å². The maximum Gasteiger partial charge on any atom is 0.233 e. The Bertz CT molecular complexity index is 1170. The molecule has 0 fully saturated rings. The van der Waals surface area contributed by atoms with E-state index in [0.717, 1.165) is 28.3 Å². The van der Waals surface area contributed by atoms with Crippen molar-refractivity contribution in [3.63, 3.8) is 0 Å². The number of rotatable bonds is 6. The fourth-order valence-electron chi connectivity index (χ4n) is 3.45. The number of amides is 1. The molecule has 6 heteroatoms. The summed E-state index contributed by atoms with van der Waals surface area (Å²) in [6.45, 7) is 4.82. The van der Waals surface area contributed by atoms with Gasteiger partial charge in [0, 0.05) is 19.0 Å². The molecule has 2 aromatic carbocycles. The van der Waals surface area contributed by atoms with Gasteiger partial charge in [0.05, 0.1) is 11.3 Å². The first kappa shape index (κ1) is 19.5. The first-order valence-corrected chi connectivity index (χ1v) is 10.7. The van der Waals surface area contributed by atoms with Crippen molar-refractivity contribution in [3.05, 3.63) is 71.3 Å². The molecule has 0 saturated heterocycles. The molecule has 148 valence electrons. The highest BCUT2D eigenvalue weighted by molar-refractivity contribution is 7.99. The van der Waals surface area contributed by atoms with E-state index in [-0.39, 0.29) is 5.91 Å². The fraction of sp³-hybridized carbons (Fsp3) is 0.261. The average Bonchev–Trinajstić information content (AvgIpc) is 3.15. The summed E-state index contributed by atoms with van der Waals surface area (Å²) in [6.07, 6.45) is 1.02. The zero-order valence-corrected chi connectivity index (χ0v) is 17.7. The Balaban J connectivity index is 1.49. The molecule has 0 atom stereocenters. The summed E-state index contributed by atoms with van der Waals surface area (Å²) in [7, 11) is 1.84. The van der Waals surface area contributed by atoms with Gasteiger partial charge in [-0.15, -0.1) is 10.2 Å². The highest BCUT2D eigenvalue weighted by atomic mass is 32.2. The van der Waals surface area contributed by atoms with Gasteiger partial charge >= 0.3 is 0 Å². The van der Waals surface area contributed by atoms with Gasteiger partial charge in [-0.3, -0.25) is 9.20 Å². The Hall–Kier alpha value is -2.86. The van der Waals surface area contributed by atoms with Crippen LogP contribution in [0.3, 0.4) is 0 Å². The van der Waals surface area contributed by atoms with Crippen LogP contribution in [0.2, 0.25) is 0 Å². The van der Waals surface area contributed by atoms with Crippen molar-refractivity contribution in [2.24, 2.45) is 0 Å². The summed E-state index contributed by atoms with van der Waals surface area (Å²) < 4.78 is 2.03. The van der Waals surface area contributed by atoms with E-state index in [1.165, 1.54) is 28.3 Å². The number of benzene rings is 2. The monoisotopic (exact) mass is 404 g/mol. The van der Waals surface area contributed by atoms with Gasteiger partial charge < -0.3 is 4.90 Å². The molecular formula is C23H24N4OS. The van der Waals surface area contributed by atoms with Gasteiger partial charge in [-0.1, -0.05) is 61.2 Å². The molecule has 4 rings (SSSR count). The fourth-order valence-corrected chi connectivity index (χ4v) is 4.34. The molecule has 0 radical (unpaired) electrons. The molecule has 0 bridgehead atoms. The number of nitrogens with zero attached hydrogens (tertiary/aromatic N) is 4. The van der Waals surface area contributed by atoms with Crippen LogP contribution in [0.1, 0.15) is 23.6 Å². The summed E-state index contributed by atoms with van der Waals surface area (Å²) >= 11 is 1.43. The molecule has 29 heavy (non-hydrogen) atoms. The van der Waals surface area contributed by atoms with Gasteiger partial charge in [0.15, 0.2) is 10.8 Å². The smallest absolute Gasteiger partial charge is 0.233 e. The minimum atomic E-state index is 0.0720. The average molecular weight is 405 g/mol. The van der Waals surface area contributed by atoms with Gasteiger partial charge in [0.1, 0.15) is 0 Å². The molecule has 2 aromatic heterocycles. The second kappa shape index (κ2) is 8.25. The molecule has 0 aliphatic heterocycles. The number of aryl methyl sites for hydroxylation is 2. The van der Waals surface area contributed by atoms with E-state index >= 15 is 0 Å². The highest BCUT2D eigenvalue weighted by Crippen LogP contribution is 2.25. The zero-order valence-electron chi connectivity index (χ0n) is 16.9. The van der Waals surface area contributed by atoms with E-state index in [1.54, 1.807) is 4.90 Å². The molecular weight excluding hydrogens is 380 g/mol. The lowest BCUT2D eigenvalue weighted by Gasteiger charge is -2.17. The zero-order chi connectivity index (χ0) is 20.4. The largest absolute Gasteiger partial charge is 0.341 e. The number of carbonyl (C=O) groups is 1. The van der Waals surface area contributed by atoms with Crippen molar-refractivity contribution in [3.8, 4) is 0 Å². The van der Waals surface area contributed by atoms with E-state index < -0.39 is 0 Å². The van der Waals surface area contributed by atoms with Gasteiger partial charge in [0.25, 0.3) is 0 Å². The molecule has 1 amide bonds. The Kier molecular flexibility index (Phi) is 5.53. The minimum absolute atomic E-state index is 0.0720. The van der Waals surface area contributed by atoms with Crippen molar-refractivity contribution >= 4 is 34.2 Å². The van der Waals surface area contributed by atoms with Crippen LogP contribution < -0.4 is 0 Å². The summed E-state index contributed by atoms with van der Waals surface area (Å²) in [5, 5.41) is 10.5. The summed E-state index contributed by atoms with van der Waals surface area (Å²) in [5.74, 6) is 0.398. The second-order valence-electron chi connectivity index (χ2n) is 7.23. The van der Waals surface area contributed by atoms with Gasteiger partial charge in [-0.2, -0.15) is 0 Å². The number of carbonyl (C=O) groups excluding carboxylic acids is 1. The molecule has 0 spiro atoms. The predicted molar refractivity (Wildman–Crippen MR) is 118 cm³/mol. The van der Waals surface area contributed by atoms with Gasteiger partial charge in [-0.05, 0) is 42.2 Å². The quantitative estimate of drug-likeness (QED) is 0.444. The molecule has 0 unspecified atom stereocenters. The lowest BCUT2D eigenvalue weighted by atomic mass is 10.1.